The van der Waals surface area contributed by atoms with Crippen molar-refractivity contribution in [2.24, 2.45) is 0 Å². The highest BCUT2D eigenvalue weighted by Crippen LogP contribution is 2.20. The minimum Gasteiger partial charge on any atom is -0.353 e. The predicted molar refractivity (Wildman–Crippen MR) is 83.1 cm³/mol. The van der Waals surface area contributed by atoms with Gasteiger partial charge in [-0.15, -0.1) is 0 Å². The van der Waals surface area contributed by atoms with Crippen LogP contribution in [-0.4, -0.2) is 30.4 Å². The standard InChI is InChI=1S/C16H23N3O2/c1-11-7-13(19-9-14(20)18-15(21)10-19)6-5-12(11)8-17-16(2,3)4/h5-7,17H,8-10H2,1-4H3,(H,18,20,21). The average molecular weight is 289 g/mol. The van der Waals surface area contributed by atoms with Crippen molar-refractivity contribution in [3.63, 3.8) is 0 Å². The van der Waals surface area contributed by atoms with Crippen molar-refractivity contribution in [2.45, 2.75) is 39.8 Å². The van der Waals surface area contributed by atoms with E-state index in [2.05, 4.69) is 44.4 Å². The van der Waals surface area contributed by atoms with E-state index in [1.54, 1.807) is 4.90 Å². The fourth-order valence-corrected chi connectivity index (χ4v) is 2.26. The molecule has 1 heterocycles. The van der Waals surface area contributed by atoms with E-state index in [-0.39, 0.29) is 30.4 Å². The fourth-order valence-electron chi connectivity index (χ4n) is 2.26. The number of hydrogen-bond donors (Lipinski definition) is 2. The summed E-state index contributed by atoms with van der Waals surface area (Å²) in [5, 5.41) is 5.77. The van der Waals surface area contributed by atoms with E-state index in [0.717, 1.165) is 17.8 Å². The number of carbonyl (C=O) groups is 2. The molecule has 0 atom stereocenters. The number of imide groups is 1. The molecule has 1 aromatic carbocycles. The molecule has 1 aliphatic rings. The Balaban J connectivity index is 2.11. The molecule has 0 unspecified atom stereocenters. The number of aryl methyl sites for hydroxylation is 1. The Morgan fingerprint density at radius 3 is 2.33 bits per heavy atom. The van der Waals surface area contributed by atoms with Gasteiger partial charge in [0.05, 0.1) is 13.1 Å². The first-order chi connectivity index (χ1) is 9.74. The summed E-state index contributed by atoms with van der Waals surface area (Å²) in [5.41, 5.74) is 3.36. The van der Waals surface area contributed by atoms with Crippen molar-refractivity contribution in [3.8, 4) is 0 Å². The first kappa shape index (κ1) is 15.5. The van der Waals surface area contributed by atoms with Gasteiger partial charge in [-0.25, -0.2) is 0 Å². The molecule has 2 rings (SSSR count). The molecule has 1 aliphatic heterocycles. The summed E-state index contributed by atoms with van der Waals surface area (Å²) in [6, 6.07) is 6.06. The van der Waals surface area contributed by atoms with E-state index in [1.165, 1.54) is 5.56 Å². The van der Waals surface area contributed by atoms with Gasteiger partial charge in [-0.2, -0.15) is 0 Å². The maximum absolute atomic E-state index is 11.4. The lowest BCUT2D eigenvalue weighted by molar-refractivity contribution is -0.130. The predicted octanol–water partition coefficient (Wildman–Crippen LogP) is 1.35. The molecule has 1 fully saturated rings. The van der Waals surface area contributed by atoms with Crippen LogP contribution < -0.4 is 15.5 Å². The molecule has 0 spiro atoms. The highest BCUT2D eigenvalue weighted by molar-refractivity contribution is 6.02. The number of nitrogens with one attached hydrogen (secondary N) is 2. The third-order valence-corrected chi connectivity index (χ3v) is 3.45. The van der Waals surface area contributed by atoms with Gasteiger partial charge in [0.1, 0.15) is 0 Å². The van der Waals surface area contributed by atoms with E-state index in [9.17, 15) is 9.59 Å². The summed E-state index contributed by atoms with van der Waals surface area (Å²) < 4.78 is 0. The number of piperazine rings is 1. The number of benzene rings is 1. The van der Waals surface area contributed by atoms with Gasteiger partial charge in [0.25, 0.3) is 0 Å². The second kappa shape index (κ2) is 5.85. The molecule has 0 aliphatic carbocycles. The van der Waals surface area contributed by atoms with Gasteiger partial charge < -0.3 is 10.2 Å². The summed E-state index contributed by atoms with van der Waals surface area (Å²) in [4.78, 5) is 24.7. The van der Waals surface area contributed by atoms with E-state index >= 15 is 0 Å². The third-order valence-electron chi connectivity index (χ3n) is 3.45. The van der Waals surface area contributed by atoms with Crippen molar-refractivity contribution in [3.05, 3.63) is 29.3 Å². The van der Waals surface area contributed by atoms with Crippen LogP contribution in [0.15, 0.2) is 18.2 Å². The van der Waals surface area contributed by atoms with Gasteiger partial charge in [-0.1, -0.05) is 6.07 Å². The number of hydrogen-bond acceptors (Lipinski definition) is 4. The Hall–Kier alpha value is -1.88. The summed E-state index contributed by atoms with van der Waals surface area (Å²) in [5.74, 6) is -0.496. The van der Waals surface area contributed by atoms with Crippen LogP contribution in [0, 0.1) is 6.92 Å². The molecular weight excluding hydrogens is 266 g/mol. The minimum atomic E-state index is -0.248. The van der Waals surface area contributed by atoms with Gasteiger partial charge in [0.15, 0.2) is 0 Å². The Kier molecular flexibility index (Phi) is 4.32. The van der Waals surface area contributed by atoms with Crippen molar-refractivity contribution in [2.75, 3.05) is 18.0 Å². The number of amides is 2. The maximum atomic E-state index is 11.4. The first-order valence-electron chi connectivity index (χ1n) is 7.17. The smallest absolute Gasteiger partial charge is 0.246 e. The van der Waals surface area contributed by atoms with Crippen LogP contribution in [0.1, 0.15) is 31.9 Å². The molecule has 0 bridgehead atoms. The van der Waals surface area contributed by atoms with Gasteiger partial charge in [0.2, 0.25) is 11.8 Å². The van der Waals surface area contributed by atoms with E-state index < -0.39 is 0 Å². The Morgan fingerprint density at radius 1 is 1.19 bits per heavy atom. The topological polar surface area (TPSA) is 61.4 Å². The highest BCUT2D eigenvalue weighted by atomic mass is 16.2. The quantitative estimate of drug-likeness (QED) is 0.825. The largest absolute Gasteiger partial charge is 0.353 e. The summed E-state index contributed by atoms with van der Waals surface area (Å²) >= 11 is 0. The molecule has 21 heavy (non-hydrogen) atoms. The van der Waals surface area contributed by atoms with Crippen molar-refractivity contribution in [1.82, 2.24) is 10.6 Å². The summed E-state index contributed by atoms with van der Waals surface area (Å²) in [6.45, 7) is 9.71. The zero-order valence-electron chi connectivity index (χ0n) is 13.1. The lowest BCUT2D eigenvalue weighted by Crippen LogP contribution is -2.51. The van der Waals surface area contributed by atoms with Crippen LogP contribution in [0.5, 0.6) is 0 Å². The normalized spacial score (nSPS) is 16.1. The monoisotopic (exact) mass is 289 g/mol. The molecule has 1 aromatic rings. The lowest BCUT2D eigenvalue weighted by atomic mass is 10.0. The van der Waals surface area contributed by atoms with Crippen LogP contribution in [0.2, 0.25) is 0 Å². The number of nitrogens with zero attached hydrogens (tertiary/aromatic N) is 1. The van der Waals surface area contributed by atoms with Crippen molar-refractivity contribution >= 4 is 17.5 Å². The zero-order chi connectivity index (χ0) is 15.6. The van der Waals surface area contributed by atoms with Crippen LogP contribution in [-0.2, 0) is 16.1 Å². The number of carbonyl (C=O) groups excluding carboxylic acids is 2. The van der Waals surface area contributed by atoms with Crippen LogP contribution in [0.4, 0.5) is 5.69 Å². The van der Waals surface area contributed by atoms with E-state index in [0.29, 0.717) is 0 Å². The van der Waals surface area contributed by atoms with Gasteiger partial charge >= 0.3 is 0 Å². The van der Waals surface area contributed by atoms with Gasteiger partial charge in [-0.3, -0.25) is 14.9 Å². The second-order valence-corrected chi connectivity index (χ2v) is 6.54. The molecule has 2 N–H and O–H groups in total. The lowest BCUT2D eigenvalue weighted by Gasteiger charge is -2.28. The number of rotatable bonds is 3. The Labute approximate surface area is 125 Å². The molecule has 114 valence electrons. The molecular formula is C16H23N3O2. The average Bonchev–Trinajstić information content (AvgIpc) is 2.35. The van der Waals surface area contributed by atoms with Gasteiger partial charge in [-0.05, 0) is 51.0 Å². The van der Waals surface area contributed by atoms with Crippen LogP contribution in [0.3, 0.4) is 0 Å². The Morgan fingerprint density at radius 2 is 1.81 bits per heavy atom. The van der Waals surface area contributed by atoms with Gasteiger partial charge in [0, 0.05) is 17.8 Å². The molecule has 5 heteroatoms. The van der Waals surface area contributed by atoms with Crippen molar-refractivity contribution < 1.29 is 9.59 Å². The molecule has 0 aromatic heterocycles. The highest BCUT2D eigenvalue weighted by Gasteiger charge is 2.22. The summed E-state index contributed by atoms with van der Waals surface area (Å²) in [7, 11) is 0. The zero-order valence-corrected chi connectivity index (χ0v) is 13.1. The SMILES string of the molecule is Cc1cc(N2CC(=O)NC(=O)C2)ccc1CNC(C)(C)C. The third kappa shape index (κ3) is 4.29. The maximum Gasteiger partial charge on any atom is 0.246 e. The summed E-state index contributed by atoms with van der Waals surface area (Å²) in [6.07, 6.45) is 0. The van der Waals surface area contributed by atoms with Crippen LogP contribution >= 0.6 is 0 Å². The molecule has 0 saturated carbocycles. The molecule has 2 amide bonds. The minimum absolute atomic E-state index is 0.0719. The first-order valence-corrected chi connectivity index (χ1v) is 7.17. The van der Waals surface area contributed by atoms with Crippen molar-refractivity contribution in [1.29, 1.82) is 0 Å². The fraction of sp³-hybridized carbons (Fsp3) is 0.500. The van der Waals surface area contributed by atoms with Crippen LogP contribution in [0.25, 0.3) is 0 Å². The Bertz CT molecular complexity index is 545. The number of anilines is 1. The van der Waals surface area contributed by atoms with E-state index in [1.807, 2.05) is 12.1 Å². The molecule has 1 saturated heterocycles. The van der Waals surface area contributed by atoms with E-state index in [4.69, 9.17) is 0 Å². The molecule has 0 radical (unpaired) electrons. The second-order valence-electron chi connectivity index (χ2n) is 6.54. The molecule has 5 nitrogen and oxygen atoms in total.